The average molecular weight is 372 g/mol. The SMILES string of the molecule is O=C(NC(c1ccccc1)c1ccccc1)C1CCCN(c2ncccn2)C1. The summed E-state index contributed by atoms with van der Waals surface area (Å²) >= 11 is 0. The van der Waals surface area contributed by atoms with E-state index in [9.17, 15) is 4.79 Å². The topological polar surface area (TPSA) is 58.1 Å². The van der Waals surface area contributed by atoms with E-state index in [1.807, 2.05) is 42.5 Å². The highest BCUT2D eigenvalue weighted by Crippen LogP contribution is 2.25. The van der Waals surface area contributed by atoms with Gasteiger partial charge in [0.1, 0.15) is 0 Å². The molecule has 0 bridgehead atoms. The molecule has 5 heteroatoms. The normalized spacial score (nSPS) is 16.8. The molecule has 1 aliphatic heterocycles. The number of benzene rings is 2. The summed E-state index contributed by atoms with van der Waals surface area (Å²) in [6, 6.07) is 21.9. The van der Waals surface area contributed by atoms with E-state index < -0.39 is 0 Å². The Bertz CT molecular complexity index is 847. The number of anilines is 1. The van der Waals surface area contributed by atoms with Crippen LogP contribution in [0.25, 0.3) is 0 Å². The van der Waals surface area contributed by atoms with Gasteiger partial charge in [0.15, 0.2) is 0 Å². The molecular formula is C23H24N4O. The second kappa shape index (κ2) is 8.65. The Labute approximate surface area is 165 Å². The van der Waals surface area contributed by atoms with Gasteiger partial charge >= 0.3 is 0 Å². The van der Waals surface area contributed by atoms with Crippen LogP contribution < -0.4 is 10.2 Å². The summed E-state index contributed by atoms with van der Waals surface area (Å²) in [5.41, 5.74) is 2.17. The van der Waals surface area contributed by atoms with Crippen molar-refractivity contribution in [3.63, 3.8) is 0 Å². The molecular weight excluding hydrogens is 348 g/mol. The van der Waals surface area contributed by atoms with Gasteiger partial charge in [-0.05, 0) is 30.0 Å². The molecule has 4 rings (SSSR count). The van der Waals surface area contributed by atoms with Crippen LogP contribution in [0.4, 0.5) is 5.95 Å². The number of carbonyl (C=O) groups excluding carboxylic acids is 1. The lowest BCUT2D eigenvalue weighted by atomic mass is 9.94. The highest BCUT2D eigenvalue weighted by atomic mass is 16.2. The molecule has 1 saturated heterocycles. The van der Waals surface area contributed by atoms with Crippen LogP contribution in [0, 0.1) is 5.92 Å². The van der Waals surface area contributed by atoms with Gasteiger partial charge in [-0.1, -0.05) is 60.7 Å². The van der Waals surface area contributed by atoms with Crippen molar-refractivity contribution in [1.82, 2.24) is 15.3 Å². The zero-order chi connectivity index (χ0) is 19.2. The molecule has 1 aromatic heterocycles. The quantitative estimate of drug-likeness (QED) is 0.743. The summed E-state index contributed by atoms with van der Waals surface area (Å²) in [5.74, 6) is 0.702. The molecule has 1 N–H and O–H groups in total. The molecule has 2 heterocycles. The number of carbonyl (C=O) groups is 1. The number of piperidine rings is 1. The molecule has 0 radical (unpaired) electrons. The number of nitrogens with one attached hydrogen (secondary N) is 1. The van der Waals surface area contributed by atoms with Crippen molar-refractivity contribution in [1.29, 1.82) is 0 Å². The van der Waals surface area contributed by atoms with Gasteiger partial charge in [-0.25, -0.2) is 9.97 Å². The number of nitrogens with zero attached hydrogens (tertiary/aromatic N) is 3. The van der Waals surface area contributed by atoms with Gasteiger partial charge < -0.3 is 10.2 Å². The van der Waals surface area contributed by atoms with Crippen molar-refractivity contribution in [2.75, 3.05) is 18.0 Å². The van der Waals surface area contributed by atoms with Crippen molar-refractivity contribution in [2.45, 2.75) is 18.9 Å². The van der Waals surface area contributed by atoms with Gasteiger partial charge in [0, 0.05) is 25.5 Å². The van der Waals surface area contributed by atoms with E-state index in [-0.39, 0.29) is 17.9 Å². The maximum absolute atomic E-state index is 13.2. The summed E-state index contributed by atoms with van der Waals surface area (Å²) < 4.78 is 0. The van der Waals surface area contributed by atoms with Gasteiger partial charge in [0.25, 0.3) is 0 Å². The third-order valence-electron chi connectivity index (χ3n) is 5.18. The highest BCUT2D eigenvalue weighted by Gasteiger charge is 2.29. The van der Waals surface area contributed by atoms with Crippen LogP contribution in [-0.4, -0.2) is 29.0 Å². The molecule has 1 amide bonds. The highest BCUT2D eigenvalue weighted by molar-refractivity contribution is 5.80. The molecule has 2 aromatic carbocycles. The molecule has 1 fully saturated rings. The average Bonchev–Trinajstić information content (AvgIpc) is 2.79. The molecule has 3 aromatic rings. The molecule has 0 saturated carbocycles. The van der Waals surface area contributed by atoms with Crippen LogP contribution in [0.5, 0.6) is 0 Å². The predicted molar refractivity (Wildman–Crippen MR) is 110 cm³/mol. The summed E-state index contributed by atoms with van der Waals surface area (Å²) in [4.78, 5) is 23.9. The lowest BCUT2D eigenvalue weighted by molar-refractivity contribution is -0.125. The van der Waals surface area contributed by atoms with Crippen LogP contribution >= 0.6 is 0 Å². The third-order valence-corrected chi connectivity index (χ3v) is 5.18. The van der Waals surface area contributed by atoms with Gasteiger partial charge in [-0.2, -0.15) is 0 Å². The van der Waals surface area contributed by atoms with E-state index in [2.05, 4.69) is 44.5 Å². The summed E-state index contributed by atoms with van der Waals surface area (Å²) in [6.07, 6.45) is 5.32. The molecule has 1 aliphatic rings. The van der Waals surface area contributed by atoms with Crippen molar-refractivity contribution in [3.05, 3.63) is 90.3 Å². The Kier molecular flexibility index (Phi) is 5.61. The summed E-state index contributed by atoms with van der Waals surface area (Å²) in [5, 5.41) is 3.28. The number of rotatable bonds is 5. The van der Waals surface area contributed by atoms with Crippen molar-refractivity contribution < 1.29 is 4.79 Å². The lowest BCUT2D eigenvalue weighted by Crippen LogP contribution is -2.44. The Balaban J connectivity index is 1.51. The Morgan fingerprint density at radius 3 is 2.14 bits per heavy atom. The largest absolute Gasteiger partial charge is 0.345 e. The van der Waals surface area contributed by atoms with E-state index in [1.54, 1.807) is 12.4 Å². The van der Waals surface area contributed by atoms with Gasteiger partial charge in [0.2, 0.25) is 11.9 Å². The van der Waals surface area contributed by atoms with E-state index >= 15 is 0 Å². The Morgan fingerprint density at radius 2 is 1.54 bits per heavy atom. The first-order valence-corrected chi connectivity index (χ1v) is 9.73. The van der Waals surface area contributed by atoms with Crippen LogP contribution in [0.2, 0.25) is 0 Å². The summed E-state index contributed by atoms with van der Waals surface area (Å²) in [6.45, 7) is 1.53. The number of aromatic nitrogens is 2. The minimum atomic E-state index is -0.154. The second-order valence-corrected chi connectivity index (χ2v) is 7.10. The number of hydrogen-bond acceptors (Lipinski definition) is 4. The monoisotopic (exact) mass is 372 g/mol. The first kappa shape index (κ1) is 18.2. The predicted octanol–water partition coefficient (Wildman–Crippen LogP) is 3.60. The first-order chi connectivity index (χ1) is 13.8. The lowest BCUT2D eigenvalue weighted by Gasteiger charge is -2.33. The minimum Gasteiger partial charge on any atom is -0.345 e. The smallest absolute Gasteiger partial charge is 0.225 e. The first-order valence-electron chi connectivity index (χ1n) is 9.73. The fourth-order valence-electron chi connectivity index (χ4n) is 3.74. The van der Waals surface area contributed by atoms with Crippen molar-refractivity contribution >= 4 is 11.9 Å². The van der Waals surface area contributed by atoms with Crippen molar-refractivity contribution in [2.24, 2.45) is 5.92 Å². The zero-order valence-electron chi connectivity index (χ0n) is 15.7. The minimum absolute atomic E-state index is 0.0764. The summed E-state index contributed by atoms with van der Waals surface area (Å²) in [7, 11) is 0. The fraction of sp³-hybridized carbons (Fsp3) is 0.261. The van der Waals surface area contributed by atoms with Crippen LogP contribution in [0.3, 0.4) is 0 Å². The second-order valence-electron chi connectivity index (χ2n) is 7.10. The van der Waals surface area contributed by atoms with Gasteiger partial charge in [0.05, 0.1) is 12.0 Å². The van der Waals surface area contributed by atoms with Crippen LogP contribution in [-0.2, 0) is 4.79 Å². The van der Waals surface area contributed by atoms with Crippen LogP contribution in [0.15, 0.2) is 79.1 Å². The van der Waals surface area contributed by atoms with Gasteiger partial charge in [-0.15, -0.1) is 0 Å². The van der Waals surface area contributed by atoms with E-state index in [0.29, 0.717) is 12.5 Å². The van der Waals surface area contributed by atoms with Crippen molar-refractivity contribution in [3.8, 4) is 0 Å². The number of hydrogen-bond donors (Lipinski definition) is 1. The molecule has 0 aliphatic carbocycles. The molecule has 1 atom stereocenters. The zero-order valence-corrected chi connectivity index (χ0v) is 15.7. The Morgan fingerprint density at radius 1 is 0.929 bits per heavy atom. The maximum atomic E-state index is 13.2. The third kappa shape index (κ3) is 4.19. The molecule has 5 nitrogen and oxygen atoms in total. The Hall–Kier alpha value is -3.21. The van der Waals surface area contributed by atoms with Crippen LogP contribution in [0.1, 0.15) is 30.0 Å². The molecule has 0 spiro atoms. The van der Waals surface area contributed by atoms with E-state index in [0.717, 1.165) is 30.5 Å². The molecule has 28 heavy (non-hydrogen) atoms. The standard InChI is InChI=1S/C23H24N4O/c28-22(20-13-7-16-27(17-20)23-24-14-8-15-25-23)26-21(18-9-3-1-4-10-18)19-11-5-2-6-12-19/h1-6,8-12,14-15,20-21H,7,13,16-17H2,(H,26,28). The fourth-order valence-corrected chi connectivity index (χ4v) is 3.74. The molecule has 1 unspecified atom stereocenters. The molecule has 142 valence electrons. The maximum Gasteiger partial charge on any atom is 0.225 e. The van der Waals surface area contributed by atoms with E-state index in [1.165, 1.54) is 0 Å². The number of amides is 1. The van der Waals surface area contributed by atoms with E-state index in [4.69, 9.17) is 0 Å². The van der Waals surface area contributed by atoms with Gasteiger partial charge in [-0.3, -0.25) is 4.79 Å².